The van der Waals surface area contributed by atoms with Crippen LogP contribution in [0.15, 0.2) is 60.7 Å². The van der Waals surface area contributed by atoms with E-state index in [2.05, 4.69) is 64.8 Å². The molecular weight excluding hydrogens is 272 g/mol. The summed E-state index contributed by atoms with van der Waals surface area (Å²) in [4.78, 5) is 2.50. The summed E-state index contributed by atoms with van der Waals surface area (Å²) in [5.41, 5.74) is 2.62. The number of piperazine rings is 1. The van der Waals surface area contributed by atoms with Gasteiger partial charge >= 0.3 is 0 Å². The average molecular weight is 296 g/mol. The molecule has 3 nitrogen and oxygen atoms in total. The summed E-state index contributed by atoms with van der Waals surface area (Å²) >= 11 is 0. The second-order valence-electron chi connectivity index (χ2n) is 5.87. The van der Waals surface area contributed by atoms with Gasteiger partial charge in [-0.2, -0.15) is 0 Å². The highest BCUT2D eigenvalue weighted by Crippen LogP contribution is 2.08. The highest BCUT2D eigenvalue weighted by atomic mass is 16.5. The number of benzene rings is 2. The van der Waals surface area contributed by atoms with Crippen molar-refractivity contribution < 1.29 is 4.74 Å². The van der Waals surface area contributed by atoms with E-state index in [0.29, 0.717) is 12.6 Å². The van der Waals surface area contributed by atoms with Crippen LogP contribution in [0.2, 0.25) is 0 Å². The van der Waals surface area contributed by atoms with Gasteiger partial charge in [0.2, 0.25) is 0 Å². The molecule has 1 heterocycles. The summed E-state index contributed by atoms with van der Waals surface area (Å²) in [6.07, 6.45) is 0. The van der Waals surface area contributed by atoms with E-state index >= 15 is 0 Å². The molecule has 0 bridgehead atoms. The molecule has 2 aromatic rings. The maximum atomic E-state index is 5.87. The summed E-state index contributed by atoms with van der Waals surface area (Å²) in [6, 6.07) is 21.5. The maximum absolute atomic E-state index is 5.87. The predicted octanol–water partition coefficient (Wildman–Crippen LogP) is 2.68. The zero-order valence-electron chi connectivity index (χ0n) is 12.9. The first kappa shape index (κ1) is 15.2. The molecule has 1 fully saturated rings. The van der Waals surface area contributed by atoms with Crippen LogP contribution in [-0.4, -0.2) is 37.2 Å². The SMILES string of the molecule is c1ccc(COC[C@@H]2CN(Cc3ccccc3)CCN2)cc1. The number of nitrogens with one attached hydrogen (secondary N) is 1. The van der Waals surface area contributed by atoms with Crippen LogP contribution >= 0.6 is 0 Å². The van der Waals surface area contributed by atoms with Gasteiger partial charge in [0.25, 0.3) is 0 Å². The Morgan fingerprint density at radius 1 is 0.955 bits per heavy atom. The average Bonchev–Trinajstić information content (AvgIpc) is 2.57. The Hall–Kier alpha value is -1.68. The highest BCUT2D eigenvalue weighted by Gasteiger charge is 2.19. The van der Waals surface area contributed by atoms with Crippen LogP contribution in [0, 0.1) is 0 Å². The van der Waals surface area contributed by atoms with Crippen molar-refractivity contribution in [1.29, 1.82) is 0 Å². The molecule has 0 amide bonds. The van der Waals surface area contributed by atoms with Crippen molar-refractivity contribution >= 4 is 0 Å². The molecule has 0 spiro atoms. The Balaban J connectivity index is 1.42. The molecule has 0 saturated carbocycles. The summed E-state index contributed by atoms with van der Waals surface area (Å²) in [7, 11) is 0. The van der Waals surface area contributed by atoms with Crippen LogP contribution in [0.5, 0.6) is 0 Å². The standard InChI is InChI=1S/C19H24N2O/c1-3-7-17(8-4-1)13-21-12-11-20-19(14-21)16-22-15-18-9-5-2-6-10-18/h1-10,19-20H,11-16H2/t19-/m0/s1. The van der Waals surface area contributed by atoms with Gasteiger partial charge in [-0.25, -0.2) is 0 Å². The topological polar surface area (TPSA) is 24.5 Å². The van der Waals surface area contributed by atoms with E-state index in [4.69, 9.17) is 4.74 Å². The quantitative estimate of drug-likeness (QED) is 0.887. The largest absolute Gasteiger partial charge is 0.375 e. The van der Waals surface area contributed by atoms with E-state index in [1.54, 1.807) is 0 Å². The summed E-state index contributed by atoms with van der Waals surface area (Å²) in [6.45, 7) is 5.66. The molecule has 0 radical (unpaired) electrons. The second kappa shape index (κ2) is 8.08. The van der Waals surface area contributed by atoms with Crippen molar-refractivity contribution in [3.63, 3.8) is 0 Å². The third-order valence-electron chi connectivity index (χ3n) is 4.02. The van der Waals surface area contributed by atoms with Gasteiger partial charge in [0.05, 0.1) is 13.2 Å². The third kappa shape index (κ3) is 4.67. The number of nitrogens with zero attached hydrogens (tertiary/aromatic N) is 1. The van der Waals surface area contributed by atoms with Crippen LogP contribution < -0.4 is 5.32 Å². The fourth-order valence-corrected chi connectivity index (χ4v) is 2.88. The summed E-state index contributed by atoms with van der Waals surface area (Å²) in [5.74, 6) is 0. The van der Waals surface area contributed by atoms with Crippen LogP contribution in [0.3, 0.4) is 0 Å². The molecule has 1 atom stereocenters. The molecule has 1 aliphatic heterocycles. The van der Waals surface area contributed by atoms with Crippen molar-refractivity contribution in [2.45, 2.75) is 19.2 Å². The number of ether oxygens (including phenoxy) is 1. The lowest BCUT2D eigenvalue weighted by Crippen LogP contribution is -2.52. The molecule has 1 aliphatic rings. The van der Waals surface area contributed by atoms with Crippen LogP contribution in [0.1, 0.15) is 11.1 Å². The van der Waals surface area contributed by atoms with E-state index in [-0.39, 0.29) is 0 Å². The highest BCUT2D eigenvalue weighted by molar-refractivity contribution is 5.15. The van der Waals surface area contributed by atoms with Crippen molar-refractivity contribution in [2.75, 3.05) is 26.2 Å². The fraction of sp³-hybridized carbons (Fsp3) is 0.368. The Kier molecular flexibility index (Phi) is 5.59. The third-order valence-corrected chi connectivity index (χ3v) is 4.02. The fourth-order valence-electron chi connectivity index (χ4n) is 2.88. The van der Waals surface area contributed by atoms with Crippen LogP contribution in [0.4, 0.5) is 0 Å². The minimum atomic E-state index is 0.418. The van der Waals surface area contributed by atoms with Gasteiger partial charge < -0.3 is 10.1 Å². The molecule has 2 aromatic carbocycles. The van der Waals surface area contributed by atoms with Crippen molar-refractivity contribution in [1.82, 2.24) is 10.2 Å². The molecule has 116 valence electrons. The van der Waals surface area contributed by atoms with Gasteiger partial charge in [0.15, 0.2) is 0 Å². The van der Waals surface area contributed by atoms with Crippen molar-refractivity contribution in [3.8, 4) is 0 Å². The Morgan fingerprint density at radius 3 is 2.36 bits per heavy atom. The smallest absolute Gasteiger partial charge is 0.0717 e. The van der Waals surface area contributed by atoms with Gasteiger partial charge in [0.1, 0.15) is 0 Å². The molecule has 1 N–H and O–H groups in total. The molecular formula is C19H24N2O. The van der Waals surface area contributed by atoms with Gasteiger partial charge in [-0.1, -0.05) is 60.7 Å². The molecule has 0 unspecified atom stereocenters. The normalized spacial score (nSPS) is 19.2. The number of rotatable bonds is 6. The summed E-state index contributed by atoms with van der Waals surface area (Å²) in [5, 5.41) is 3.55. The Morgan fingerprint density at radius 2 is 1.64 bits per heavy atom. The minimum Gasteiger partial charge on any atom is -0.375 e. The first-order valence-corrected chi connectivity index (χ1v) is 8.01. The van der Waals surface area contributed by atoms with Crippen molar-refractivity contribution in [2.24, 2.45) is 0 Å². The van der Waals surface area contributed by atoms with Gasteiger partial charge in [-0.05, 0) is 11.1 Å². The number of hydrogen-bond acceptors (Lipinski definition) is 3. The zero-order chi connectivity index (χ0) is 15.0. The van der Waals surface area contributed by atoms with E-state index in [9.17, 15) is 0 Å². The summed E-state index contributed by atoms with van der Waals surface area (Å²) < 4.78 is 5.87. The first-order valence-electron chi connectivity index (χ1n) is 8.01. The monoisotopic (exact) mass is 296 g/mol. The maximum Gasteiger partial charge on any atom is 0.0717 e. The van der Waals surface area contributed by atoms with Gasteiger partial charge in [-0.15, -0.1) is 0 Å². The Labute approximate surface area is 132 Å². The molecule has 22 heavy (non-hydrogen) atoms. The molecule has 3 rings (SSSR count). The van der Waals surface area contributed by atoms with E-state index < -0.39 is 0 Å². The first-order chi connectivity index (χ1) is 10.9. The second-order valence-corrected chi connectivity index (χ2v) is 5.87. The lowest BCUT2D eigenvalue weighted by molar-refractivity contribution is 0.0702. The van der Waals surface area contributed by atoms with Gasteiger partial charge in [-0.3, -0.25) is 4.90 Å². The van der Waals surface area contributed by atoms with Gasteiger partial charge in [0, 0.05) is 32.2 Å². The molecule has 3 heteroatoms. The van der Waals surface area contributed by atoms with Crippen molar-refractivity contribution in [3.05, 3.63) is 71.8 Å². The minimum absolute atomic E-state index is 0.418. The lowest BCUT2D eigenvalue weighted by atomic mass is 10.1. The number of hydrogen-bond donors (Lipinski definition) is 1. The molecule has 1 saturated heterocycles. The molecule has 0 aromatic heterocycles. The van der Waals surface area contributed by atoms with E-state index in [0.717, 1.165) is 32.8 Å². The predicted molar refractivity (Wildman–Crippen MR) is 89.6 cm³/mol. The van der Waals surface area contributed by atoms with Crippen LogP contribution in [0.25, 0.3) is 0 Å². The Bertz CT molecular complexity index is 544. The molecule has 0 aliphatic carbocycles. The van der Waals surface area contributed by atoms with E-state index in [1.165, 1.54) is 11.1 Å². The lowest BCUT2D eigenvalue weighted by Gasteiger charge is -2.33. The van der Waals surface area contributed by atoms with E-state index in [1.807, 2.05) is 6.07 Å². The van der Waals surface area contributed by atoms with Crippen LogP contribution in [-0.2, 0) is 17.9 Å². The zero-order valence-corrected chi connectivity index (χ0v) is 12.9.